The van der Waals surface area contributed by atoms with Gasteiger partial charge in [-0.25, -0.2) is 4.79 Å². The second kappa shape index (κ2) is 16.6. The Bertz CT molecular complexity index is 1800. The molecule has 0 fully saturated rings. The summed E-state index contributed by atoms with van der Waals surface area (Å²) in [4.78, 5) is 68.5. The molecule has 15 heteroatoms. The number of methoxy groups -OCH3 is 2. The number of Topliss-reactive ketones (excluding diaryl/α,β-unsaturated/α-hetero) is 1. The van der Waals surface area contributed by atoms with Crippen LogP contribution < -0.4 is 35.6 Å². The van der Waals surface area contributed by atoms with Crippen molar-refractivity contribution in [2.75, 3.05) is 50.7 Å². The van der Waals surface area contributed by atoms with E-state index in [9.17, 15) is 24.0 Å². The van der Waals surface area contributed by atoms with Crippen LogP contribution >= 0.6 is 11.8 Å². The number of carbonyl (C=O) groups excluding carboxylic acids is 5. The van der Waals surface area contributed by atoms with Crippen LogP contribution in [0.1, 0.15) is 44.9 Å². The first-order valence-electron chi connectivity index (χ1n) is 16.0. The highest BCUT2D eigenvalue weighted by atomic mass is 32.2. The number of amides is 3. The Morgan fingerprint density at radius 2 is 1.51 bits per heavy atom. The monoisotopic (exact) mass is 721 g/mol. The van der Waals surface area contributed by atoms with Crippen molar-refractivity contribution < 1.29 is 42.9 Å². The summed E-state index contributed by atoms with van der Waals surface area (Å²) in [7, 11) is 4.71. The summed E-state index contributed by atoms with van der Waals surface area (Å²) in [6, 6.07) is 14.9. The van der Waals surface area contributed by atoms with Gasteiger partial charge in [-0.1, -0.05) is 42.1 Å². The third-order valence-corrected chi connectivity index (χ3v) is 8.90. The second-order valence-electron chi connectivity index (χ2n) is 12.5. The minimum absolute atomic E-state index is 0.0525. The van der Waals surface area contributed by atoms with Crippen molar-refractivity contribution in [3.8, 4) is 11.5 Å². The van der Waals surface area contributed by atoms with Gasteiger partial charge in [-0.05, 0) is 50.6 Å². The van der Waals surface area contributed by atoms with Crippen molar-refractivity contribution in [1.82, 2.24) is 10.6 Å². The van der Waals surface area contributed by atoms with E-state index in [1.807, 2.05) is 54.4 Å². The SMILES string of the molecule is COc1ccc2c(c1C(N)C(=O)CNC(=O)OC(C)(C)C)Sc1c(ccc(OC)c1N(CC(=O)NCC(=O)OCc1ccccc1)C(C)=O)N2C. The number of hydrogen-bond acceptors (Lipinski definition) is 12. The molecule has 0 aliphatic carbocycles. The van der Waals surface area contributed by atoms with E-state index in [-0.39, 0.29) is 6.61 Å². The van der Waals surface area contributed by atoms with Gasteiger partial charge < -0.3 is 40.2 Å². The predicted molar refractivity (Wildman–Crippen MR) is 192 cm³/mol. The van der Waals surface area contributed by atoms with Gasteiger partial charge in [-0.15, -0.1) is 0 Å². The highest BCUT2D eigenvalue weighted by molar-refractivity contribution is 8.00. The molecule has 1 aliphatic heterocycles. The van der Waals surface area contributed by atoms with Crippen LogP contribution in [0.15, 0.2) is 64.4 Å². The summed E-state index contributed by atoms with van der Waals surface area (Å²) >= 11 is 1.23. The van der Waals surface area contributed by atoms with Crippen LogP contribution in [0.2, 0.25) is 0 Å². The maximum absolute atomic E-state index is 13.4. The molecule has 0 saturated carbocycles. The molecule has 0 bridgehead atoms. The van der Waals surface area contributed by atoms with Crippen molar-refractivity contribution in [2.45, 2.75) is 55.7 Å². The number of carbonyl (C=O) groups is 5. The lowest BCUT2D eigenvalue weighted by Gasteiger charge is -2.35. The molecule has 0 radical (unpaired) electrons. The van der Waals surface area contributed by atoms with Crippen molar-refractivity contribution in [2.24, 2.45) is 5.73 Å². The molecule has 0 saturated heterocycles. The van der Waals surface area contributed by atoms with E-state index in [0.29, 0.717) is 43.9 Å². The Morgan fingerprint density at radius 1 is 0.882 bits per heavy atom. The maximum atomic E-state index is 13.4. The molecule has 3 aromatic carbocycles. The Hall–Kier alpha value is -5.28. The largest absolute Gasteiger partial charge is 0.496 e. The van der Waals surface area contributed by atoms with Crippen LogP contribution in [0.25, 0.3) is 0 Å². The molecule has 1 aliphatic rings. The van der Waals surface area contributed by atoms with Crippen LogP contribution in [-0.4, -0.2) is 76.2 Å². The van der Waals surface area contributed by atoms with Gasteiger partial charge in [0.25, 0.3) is 0 Å². The van der Waals surface area contributed by atoms with E-state index in [1.54, 1.807) is 32.9 Å². The molecular formula is C36H43N5O9S. The number of alkyl carbamates (subject to hydrolysis) is 1. The fourth-order valence-electron chi connectivity index (χ4n) is 5.22. The van der Waals surface area contributed by atoms with Gasteiger partial charge in [0, 0.05) is 24.4 Å². The van der Waals surface area contributed by atoms with E-state index in [0.717, 1.165) is 5.56 Å². The van der Waals surface area contributed by atoms with Gasteiger partial charge in [-0.2, -0.15) is 0 Å². The molecule has 272 valence electrons. The predicted octanol–water partition coefficient (Wildman–Crippen LogP) is 4.24. The summed E-state index contributed by atoms with van der Waals surface area (Å²) < 4.78 is 21.8. The first kappa shape index (κ1) is 38.5. The first-order chi connectivity index (χ1) is 24.1. The lowest BCUT2D eigenvalue weighted by atomic mass is 10.0. The fourth-order valence-corrected chi connectivity index (χ4v) is 6.69. The number of nitrogens with one attached hydrogen (secondary N) is 2. The van der Waals surface area contributed by atoms with Crippen LogP contribution in [0, 0.1) is 0 Å². The lowest BCUT2D eigenvalue weighted by Crippen LogP contribution is -2.42. The molecule has 1 heterocycles. The van der Waals surface area contributed by atoms with Crippen molar-refractivity contribution in [3.63, 3.8) is 0 Å². The van der Waals surface area contributed by atoms with Gasteiger partial charge >= 0.3 is 12.1 Å². The molecule has 14 nitrogen and oxygen atoms in total. The Kier molecular flexibility index (Phi) is 12.6. The minimum Gasteiger partial charge on any atom is -0.496 e. The summed E-state index contributed by atoms with van der Waals surface area (Å²) in [5, 5.41) is 4.98. The summed E-state index contributed by atoms with van der Waals surface area (Å²) in [6.07, 6.45) is -0.762. The van der Waals surface area contributed by atoms with Gasteiger partial charge in [0.15, 0.2) is 5.78 Å². The Balaban J connectivity index is 1.62. The normalized spacial score (nSPS) is 12.4. The number of rotatable bonds is 13. The van der Waals surface area contributed by atoms with E-state index in [2.05, 4.69) is 10.6 Å². The first-order valence-corrected chi connectivity index (χ1v) is 16.8. The number of ketones is 1. The smallest absolute Gasteiger partial charge is 0.408 e. The van der Waals surface area contributed by atoms with Crippen molar-refractivity contribution in [1.29, 1.82) is 0 Å². The lowest BCUT2D eigenvalue weighted by molar-refractivity contribution is -0.145. The average Bonchev–Trinajstić information content (AvgIpc) is 3.09. The maximum Gasteiger partial charge on any atom is 0.408 e. The molecule has 4 rings (SSSR count). The van der Waals surface area contributed by atoms with E-state index >= 15 is 0 Å². The van der Waals surface area contributed by atoms with Crippen LogP contribution in [0.4, 0.5) is 21.9 Å². The number of ether oxygens (including phenoxy) is 4. The zero-order valence-electron chi connectivity index (χ0n) is 29.7. The van der Waals surface area contributed by atoms with Crippen LogP contribution in [0.5, 0.6) is 11.5 Å². The Labute approximate surface area is 300 Å². The fraction of sp³-hybridized carbons (Fsp3) is 0.361. The molecule has 51 heavy (non-hydrogen) atoms. The third kappa shape index (κ3) is 9.49. The molecule has 0 spiro atoms. The van der Waals surface area contributed by atoms with Crippen molar-refractivity contribution >= 4 is 58.5 Å². The molecule has 4 N–H and O–H groups in total. The molecular weight excluding hydrogens is 678 g/mol. The quantitative estimate of drug-likeness (QED) is 0.214. The second-order valence-corrected chi connectivity index (χ2v) is 13.5. The molecule has 1 atom stereocenters. The summed E-state index contributed by atoms with van der Waals surface area (Å²) in [6.45, 7) is 5.25. The summed E-state index contributed by atoms with van der Waals surface area (Å²) in [5.74, 6) is -1.58. The summed E-state index contributed by atoms with van der Waals surface area (Å²) in [5.41, 5.74) is 8.65. The molecule has 3 aromatic rings. The topological polar surface area (TPSA) is 179 Å². The van der Waals surface area contributed by atoms with E-state index < -0.39 is 60.9 Å². The van der Waals surface area contributed by atoms with Gasteiger partial charge in [0.1, 0.15) is 42.5 Å². The highest BCUT2D eigenvalue weighted by Crippen LogP contribution is 2.56. The molecule has 1 unspecified atom stereocenters. The van der Waals surface area contributed by atoms with E-state index in [4.69, 9.17) is 24.7 Å². The zero-order valence-corrected chi connectivity index (χ0v) is 30.5. The van der Waals surface area contributed by atoms with Crippen LogP contribution in [-0.2, 0) is 35.3 Å². The van der Waals surface area contributed by atoms with Gasteiger partial charge in [0.05, 0.1) is 43.1 Å². The van der Waals surface area contributed by atoms with Gasteiger partial charge in [0.2, 0.25) is 11.8 Å². The zero-order chi connectivity index (χ0) is 37.5. The van der Waals surface area contributed by atoms with Crippen LogP contribution in [0.3, 0.4) is 0 Å². The number of nitrogens with zero attached hydrogens (tertiary/aromatic N) is 2. The average molecular weight is 722 g/mol. The Morgan fingerprint density at radius 3 is 2.12 bits per heavy atom. The van der Waals surface area contributed by atoms with Crippen molar-refractivity contribution in [3.05, 3.63) is 65.7 Å². The van der Waals surface area contributed by atoms with Gasteiger partial charge in [-0.3, -0.25) is 24.1 Å². The highest BCUT2D eigenvalue weighted by Gasteiger charge is 2.35. The standard InChI is InChI=1S/C36H43N5O9S/c1-21(42)41(19-28(44)38-18-29(45)49-20-22-11-9-8-10-12-22)32-27(48-7)16-14-24-34(32)51-33-23(40(24)5)13-15-26(47-6)30(33)31(37)25(43)17-39-35(46)50-36(2,3)4/h8-16,31H,17-20,37H2,1-7H3,(H,38,44)(H,39,46). The minimum atomic E-state index is -1.22. The number of esters is 1. The molecule has 3 amide bonds. The van der Waals surface area contributed by atoms with E-state index in [1.165, 1.54) is 37.8 Å². The number of anilines is 3. The third-order valence-electron chi connectivity index (χ3n) is 7.66. The number of hydrogen-bond donors (Lipinski definition) is 3. The number of fused-ring (bicyclic) bond motifs is 2. The number of nitrogens with two attached hydrogens (primary N) is 1. The number of benzene rings is 3. The molecule has 0 aromatic heterocycles.